The molecule has 0 saturated carbocycles. The average Bonchev–Trinajstić information content (AvgIpc) is 2.90. The minimum absolute atomic E-state index is 0.132. The zero-order chi connectivity index (χ0) is 21.2. The monoisotopic (exact) mass is 415 g/mol. The molecule has 29 heavy (non-hydrogen) atoms. The van der Waals surface area contributed by atoms with Crippen LogP contribution >= 0.6 is 0 Å². The number of pyridine rings is 1. The van der Waals surface area contributed by atoms with Crippen LogP contribution in [0.15, 0.2) is 53.2 Å². The number of sulfone groups is 1. The molecule has 2 N–H and O–H groups in total. The summed E-state index contributed by atoms with van der Waals surface area (Å²) >= 11 is 0. The van der Waals surface area contributed by atoms with Crippen molar-refractivity contribution in [2.75, 3.05) is 12.8 Å². The maximum absolute atomic E-state index is 14.2. The molecular weight excluding hydrogens is 389 g/mol. The topological polar surface area (TPSA) is 78.0 Å². The summed E-state index contributed by atoms with van der Waals surface area (Å²) in [6.07, 6.45) is 4.05. The Morgan fingerprint density at radius 2 is 1.83 bits per heavy atom. The first kappa shape index (κ1) is 21.2. The molecule has 0 aliphatic heterocycles. The van der Waals surface area contributed by atoms with Crippen molar-refractivity contribution in [3.05, 3.63) is 70.8 Å². The smallest absolute Gasteiger partial charge is 0.175 e. The Labute approximate surface area is 171 Å². The van der Waals surface area contributed by atoms with E-state index < -0.39 is 9.84 Å². The number of hydrogen-bond donors (Lipinski definition) is 1. The number of hydrogen-bond acceptors (Lipinski definition) is 4. The second kappa shape index (κ2) is 8.47. The van der Waals surface area contributed by atoms with E-state index in [4.69, 9.17) is 10.7 Å². The summed E-state index contributed by atoms with van der Waals surface area (Å²) in [6.45, 7) is 4.22. The fourth-order valence-electron chi connectivity index (χ4n) is 3.52. The Hall–Kier alpha value is -2.51. The SMILES string of the molecule is Cc1ccc2c(n1)c(CCc1ccc(S(C)(=O)=O)cc1)c(C)n2CC(F)=CCN. The van der Waals surface area contributed by atoms with Gasteiger partial charge < -0.3 is 10.3 Å². The standard InChI is InChI=1S/C22H26FN3O2S/c1-15-4-11-21-22(25-15)20(16(2)26(21)14-18(23)12-13-24)10-7-17-5-8-19(9-6-17)29(3,27)28/h4-6,8-9,11-12H,7,10,13-14,24H2,1-3H3. The predicted octanol–water partition coefficient (Wildman–Crippen LogP) is 3.65. The Morgan fingerprint density at radius 1 is 1.14 bits per heavy atom. The molecule has 0 spiro atoms. The summed E-state index contributed by atoms with van der Waals surface area (Å²) in [7, 11) is -3.20. The van der Waals surface area contributed by atoms with Gasteiger partial charge in [0.25, 0.3) is 0 Å². The molecule has 154 valence electrons. The van der Waals surface area contributed by atoms with Gasteiger partial charge in [0.05, 0.1) is 22.5 Å². The van der Waals surface area contributed by atoms with Gasteiger partial charge in [0.1, 0.15) is 5.83 Å². The highest BCUT2D eigenvalue weighted by molar-refractivity contribution is 7.90. The minimum Gasteiger partial charge on any atom is -0.337 e. The van der Waals surface area contributed by atoms with Crippen LogP contribution in [0.3, 0.4) is 0 Å². The lowest BCUT2D eigenvalue weighted by Gasteiger charge is -2.08. The highest BCUT2D eigenvalue weighted by Crippen LogP contribution is 2.27. The lowest BCUT2D eigenvalue weighted by Crippen LogP contribution is -2.04. The molecule has 0 aliphatic rings. The second-order valence-corrected chi connectivity index (χ2v) is 9.29. The van der Waals surface area contributed by atoms with Crippen molar-refractivity contribution in [3.63, 3.8) is 0 Å². The van der Waals surface area contributed by atoms with E-state index in [0.717, 1.165) is 46.4 Å². The van der Waals surface area contributed by atoms with Crippen molar-refractivity contribution in [2.24, 2.45) is 5.73 Å². The molecule has 3 rings (SSSR count). The number of nitrogens with zero attached hydrogens (tertiary/aromatic N) is 2. The van der Waals surface area contributed by atoms with E-state index >= 15 is 0 Å². The van der Waals surface area contributed by atoms with Gasteiger partial charge in [0, 0.05) is 24.2 Å². The zero-order valence-corrected chi connectivity index (χ0v) is 17.8. The first-order chi connectivity index (χ1) is 13.7. The summed E-state index contributed by atoms with van der Waals surface area (Å²) in [5, 5.41) is 0. The number of halogens is 1. The van der Waals surface area contributed by atoms with Crippen LogP contribution in [0.2, 0.25) is 0 Å². The van der Waals surface area contributed by atoms with Crippen LogP contribution in [0.1, 0.15) is 22.5 Å². The van der Waals surface area contributed by atoms with E-state index in [1.54, 1.807) is 12.1 Å². The van der Waals surface area contributed by atoms with E-state index in [9.17, 15) is 12.8 Å². The van der Waals surface area contributed by atoms with E-state index in [2.05, 4.69) is 0 Å². The largest absolute Gasteiger partial charge is 0.337 e. The molecule has 7 heteroatoms. The van der Waals surface area contributed by atoms with Crippen LogP contribution in [-0.2, 0) is 29.2 Å². The number of nitrogens with two attached hydrogens (primary N) is 1. The van der Waals surface area contributed by atoms with Crippen molar-refractivity contribution >= 4 is 20.9 Å². The third-order valence-electron chi connectivity index (χ3n) is 5.10. The first-order valence-corrected chi connectivity index (χ1v) is 11.4. The lowest BCUT2D eigenvalue weighted by atomic mass is 10.0. The van der Waals surface area contributed by atoms with E-state index in [-0.39, 0.29) is 18.9 Å². The summed E-state index contributed by atoms with van der Waals surface area (Å²) in [5.41, 5.74) is 11.2. The molecule has 0 atom stereocenters. The maximum atomic E-state index is 14.2. The van der Waals surface area contributed by atoms with Crippen LogP contribution in [0, 0.1) is 13.8 Å². The molecule has 0 saturated heterocycles. The summed E-state index contributed by atoms with van der Waals surface area (Å²) in [4.78, 5) is 5.02. The number of benzene rings is 1. The number of rotatable bonds is 7. The molecule has 0 radical (unpaired) electrons. The van der Waals surface area contributed by atoms with Crippen LogP contribution in [0.5, 0.6) is 0 Å². The Bertz CT molecular complexity index is 1160. The third-order valence-corrected chi connectivity index (χ3v) is 6.22. The Kier molecular flexibility index (Phi) is 6.19. The van der Waals surface area contributed by atoms with E-state index in [1.165, 1.54) is 12.3 Å². The van der Waals surface area contributed by atoms with Crippen molar-refractivity contribution in [1.82, 2.24) is 9.55 Å². The molecule has 5 nitrogen and oxygen atoms in total. The van der Waals surface area contributed by atoms with E-state index in [0.29, 0.717) is 4.90 Å². The lowest BCUT2D eigenvalue weighted by molar-refractivity contribution is 0.554. The molecule has 0 aliphatic carbocycles. The van der Waals surface area contributed by atoms with Gasteiger partial charge in [-0.25, -0.2) is 12.8 Å². The number of fused-ring (bicyclic) bond motifs is 1. The number of aryl methyl sites for hydroxylation is 3. The minimum atomic E-state index is -3.20. The van der Waals surface area contributed by atoms with Gasteiger partial charge in [-0.15, -0.1) is 0 Å². The van der Waals surface area contributed by atoms with Crippen LogP contribution in [0.25, 0.3) is 11.0 Å². The molecule has 0 bridgehead atoms. The average molecular weight is 416 g/mol. The fraction of sp³-hybridized carbons (Fsp3) is 0.318. The highest BCUT2D eigenvalue weighted by atomic mass is 32.2. The van der Waals surface area contributed by atoms with Crippen molar-refractivity contribution in [3.8, 4) is 0 Å². The molecule has 0 unspecified atom stereocenters. The van der Waals surface area contributed by atoms with Gasteiger partial charge >= 0.3 is 0 Å². The van der Waals surface area contributed by atoms with Gasteiger partial charge in [0.2, 0.25) is 0 Å². The summed E-state index contributed by atoms with van der Waals surface area (Å²) < 4.78 is 39.4. The Balaban J connectivity index is 1.93. The quantitative estimate of drug-likeness (QED) is 0.639. The summed E-state index contributed by atoms with van der Waals surface area (Å²) in [6, 6.07) is 10.9. The molecule has 0 amide bonds. The molecule has 1 aromatic carbocycles. The van der Waals surface area contributed by atoms with Crippen molar-refractivity contribution in [2.45, 2.75) is 38.1 Å². The van der Waals surface area contributed by atoms with Gasteiger partial charge in [-0.1, -0.05) is 12.1 Å². The van der Waals surface area contributed by atoms with Gasteiger partial charge in [-0.3, -0.25) is 4.98 Å². The maximum Gasteiger partial charge on any atom is 0.175 e. The Morgan fingerprint density at radius 3 is 2.45 bits per heavy atom. The zero-order valence-electron chi connectivity index (χ0n) is 16.9. The van der Waals surface area contributed by atoms with Gasteiger partial charge in [-0.05, 0) is 68.2 Å². The molecular formula is C22H26FN3O2S. The van der Waals surface area contributed by atoms with Crippen LogP contribution < -0.4 is 5.73 Å². The molecule has 2 heterocycles. The fourth-order valence-corrected chi connectivity index (χ4v) is 4.15. The normalized spacial score (nSPS) is 12.7. The molecule has 2 aromatic heterocycles. The van der Waals surface area contributed by atoms with Crippen molar-refractivity contribution in [1.29, 1.82) is 0 Å². The van der Waals surface area contributed by atoms with Gasteiger partial charge in [0.15, 0.2) is 9.84 Å². The number of aromatic nitrogens is 2. The van der Waals surface area contributed by atoms with Crippen LogP contribution in [0.4, 0.5) is 4.39 Å². The second-order valence-electron chi connectivity index (χ2n) is 7.27. The van der Waals surface area contributed by atoms with Crippen molar-refractivity contribution < 1.29 is 12.8 Å². The predicted molar refractivity (Wildman–Crippen MR) is 114 cm³/mol. The molecule has 0 fully saturated rings. The van der Waals surface area contributed by atoms with Crippen LogP contribution in [-0.4, -0.2) is 30.8 Å². The first-order valence-electron chi connectivity index (χ1n) is 9.49. The summed E-state index contributed by atoms with van der Waals surface area (Å²) in [5.74, 6) is -0.268. The molecule has 3 aromatic rings. The highest BCUT2D eigenvalue weighted by Gasteiger charge is 2.16. The van der Waals surface area contributed by atoms with E-state index in [1.807, 2.05) is 42.7 Å². The third kappa shape index (κ3) is 4.74. The van der Waals surface area contributed by atoms with Gasteiger partial charge in [-0.2, -0.15) is 0 Å². The number of allylic oxidation sites excluding steroid dienone is 1.